The molecule has 22 heavy (non-hydrogen) atoms. The van der Waals surface area contributed by atoms with Crippen molar-refractivity contribution in [1.82, 2.24) is 0 Å². The number of anilines is 1. The second-order valence-corrected chi connectivity index (χ2v) is 5.43. The number of nitrogens with one attached hydrogen (secondary N) is 1. The van der Waals surface area contributed by atoms with E-state index >= 15 is 0 Å². The molecule has 0 unspecified atom stereocenters. The highest BCUT2D eigenvalue weighted by molar-refractivity contribution is 5.90. The SMILES string of the molecule is C[C@@]1(c2cccc(NC=O)c2)CO[C@@](C)(C(F)(F)F)C(N)=N1. The van der Waals surface area contributed by atoms with Crippen LogP contribution in [0, 0.1) is 0 Å². The van der Waals surface area contributed by atoms with E-state index in [4.69, 9.17) is 10.5 Å². The standard InChI is InChI=1S/C14H16F3N3O2/c1-12(9-4-3-5-10(6-9)19-8-21)7-22-13(2,11(18)20-12)14(15,16)17/h3-6,8H,7H2,1-2H3,(H2,18,20)(H,19,21)/t12-,13+/m0/s1. The zero-order chi connectivity index (χ0) is 16.6. The van der Waals surface area contributed by atoms with Crippen LogP contribution in [0.1, 0.15) is 19.4 Å². The van der Waals surface area contributed by atoms with Gasteiger partial charge in [-0.3, -0.25) is 9.79 Å². The number of hydrogen-bond donors (Lipinski definition) is 2. The van der Waals surface area contributed by atoms with E-state index in [-0.39, 0.29) is 6.61 Å². The van der Waals surface area contributed by atoms with Crippen LogP contribution in [-0.4, -0.2) is 30.6 Å². The average molecular weight is 315 g/mol. The monoisotopic (exact) mass is 315 g/mol. The molecule has 2 atom stereocenters. The van der Waals surface area contributed by atoms with Crippen molar-refractivity contribution in [1.29, 1.82) is 0 Å². The van der Waals surface area contributed by atoms with Gasteiger partial charge in [-0.15, -0.1) is 0 Å². The van der Waals surface area contributed by atoms with Gasteiger partial charge in [-0.1, -0.05) is 12.1 Å². The normalized spacial score (nSPS) is 28.9. The second-order valence-electron chi connectivity index (χ2n) is 5.43. The number of benzene rings is 1. The van der Waals surface area contributed by atoms with Crippen LogP contribution >= 0.6 is 0 Å². The molecule has 1 heterocycles. The van der Waals surface area contributed by atoms with Crippen LogP contribution in [0.2, 0.25) is 0 Å². The van der Waals surface area contributed by atoms with Crippen LogP contribution in [0.4, 0.5) is 18.9 Å². The number of hydrogen-bond acceptors (Lipinski definition) is 4. The summed E-state index contributed by atoms with van der Waals surface area (Å²) in [7, 11) is 0. The molecule has 120 valence electrons. The van der Waals surface area contributed by atoms with Gasteiger partial charge < -0.3 is 15.8 Å². The molecule has 0 saturated carbocycles. The lowest BCUT2D eigenvalue weighted by atomic mass is 9.90. The third kappa shape index (κ3) is 2.66. The Morgan fingerprint density at radius 3 is 2.64 bits per heavy atom. The molecule has 0 spiro atoms. The number of amides is 1. The smallest absolute Gasteiger partial charge is 0.385 e. The number of nitrogens with two attached hydrogens (primary N) is 1. The van der Waals surface area contributed by atoms with Crippen molar-refractivity contribution in [3.63, 3.8) is 0 Å². The zero-order valence-corrected chi connectivity index (χ0v) is 12.1. The predicted molar refractivity (Wildman–Crippen MR) is 75.5 cm³/mol. The molecule has 0 bridgehead atoms. The summed E-state index contributed by atoms with van der Waals surface area (Å²) in [6.45, 7) is 2.19. The molecule has 8 heteroatoms. The van der Waals surface area contributed by atoms with Crippen LogP contribution in [0.5, 0.6) is 0 Å². The van der Waals surface area contributed by atoms with Crippen LogP contribution in [-0.2, 0) is 15.1 Å². The number of rotatable bonds is 3. The molecule has 2 rings (SSSR count). The minimum absolute atomic E-state index is 0.283. The summed E-state index contributed by atoms with van der Waals surface area (Å²) in [5.74, 6) is -0.623. The molecule has 3 N–H and O–H groups in total. The second kappa shape index (κ2) is 5.28. The number of aliphatic imine (C=N–C) groups is 1. The fourth-order valence-corrected chi connectivity index (χ4v) is 2.15. The molecule has 0 radical (unpaired) electrons. The lowest BCUT2D eigenvalue weighted by Gasteiger charge is -2.41. The minimum atomic E-state index is -4.65. The van der Waals surface area contributed by atoms with E-state index in [9.17, 15) is 18.0 Å². The predicted octanol–water partition coefficient (Wildman–Crippen LogP) is 2.18. The van der Waals surface area contributed by atoms with Crippen molar-refractivity contribution in [2.24, 2.45) is 10.7 Å². The maximum Gasteiger partial charge on any atom is 0.424 e. The van der Waals surface area contributed by atoms with Crippen molar-refractivity contribution in [3.8, 4) is 0 Å². The number of ether oxygens (including phenoxy) is 1. The van der Waals surface area contributed by atoms with Gasteiger partial charge >= 0.3 is 6.18 Å². The van der Waals surface area contributed by atoms with Gasteiger partial charge in [0.15, 0.2) is 0 Å². The van der Waals surface area contributed by atoms with Crippen molar-refractivity contribution >= 4 is 17.9 Å². The molecular formula is C14H16F3N3O2. The van der Waals surface area contributed by atoms with Crippen LogP contribution in [0.25, 0.3) is 0 Å². The van der Waals surface area contributed by atoms with Gasteiger partial charge in [0, 0.05) is 5.69 Å². The van der Waals surface area contributed by atoms with Crippen molar-refractivity contribution in [2.75, 3.05) is 11.9 Å². The first kappa shape index (κ1) is 16.3. The Balaban J connectivity index is 2.41. The quantitative estimate of drug-likeness (QED) is 0.839. The highest BCUT2D eigenvalue weighted by Crippen LogP contribution is 2.40. The minimum Gasteiger partial charge on any atom is -0.385 e. The van der Waals surface area contributed by atoms with E-state index in [0.717, 1.165) is 6.92 Å². The fourth-order valence-electron chi connectivity index (χ4n) is 2.15. The van der Waals surface area contributed by atoms with E-state index in [0.29, 0.717) is 17.7 Å². The summed E-state index contributed by atoms with van der Waals surface area (Å²) in [4.78, 5) is 14.5. The third-order valence-corrected chi connectivity index (χ3v) is 3.75. The number of halogens is 3. The summed E-state index contributed by atoms with van der Waals surface area (Å²) in [6, 6.07) is 6.62. The summed E-state index contributed by atoms with van der Waals surface area (Å²) in [5, 5.41) is 2.47. The van der Waals surface area contributed by atoms with Gasteiger partial charge in [0.1, 0.15) is 11.4 Å². The summed E-state index contributed by atoms with van der Waals surface area (Å²) < 4.78 is 44.2. The highest BCUT2D eigenvalue weighted by Gasteiger charge is 2.58. The number of carbonyl (C=O) groups excluding carboxylic acids is 1. The van der Waals surface area contributed by atoms with Gasteiger partial charge in [-0.25, -0.2) is 0 Å². The Labute approximate surface area is 125 Å². The van der Waals surface area contributed by atoms with Crippen molar-refractivity contribution in [3.05, 3.63) is 29.8 Å². The fraction of sp³-hybridized carbons (Fsp3) is 0.429. The van der Waals surface area contributed by atoms with Crippen LogP contribution in [0.15, 0.2) is 29.3 Å². The maximum absolute atomic E-state index is 13.1. The van der Waals surface area contributed by atoms with E-state index in [1.54, 1.807) is 31.2 Å². The summed E-state index contributed by atoms with van der Waals surface area (Å²) >= 11 is 0. The van der Waals surface area contributed by atoms with Gasteiger partial charge in [0.05, 0.1) is 6.61 Å². The Morgan fingerprint density at radius 1 is 1.41 bits per heavy atom. The molecule has 1 aliphatic heterocycles. The molecule has 0 aliphatic carbocycles. The largest absolute Gasteiger partial charge is 0.424 e. The van der Waals surface area contributed by atoms with E-state index in [1.807, 2.05) is 0 Å². The van der Waals surface area contributed by atoms with Crippen molar-refractivity contribution < 1.29 is 22.7 Å². The van der Waals surface area contributed by atoms with Crippen LogP contribution < -0.4 is 11.1 Å². The molecular weight excluding hydrogens is 299 g/mol. The number of nitrogens with zero attached hydrogens (tertiary/aromatic N) is 1. The first-order valence-corrected chi connectivity index (χ1v) is 6.49. The molecule has 1 aliphatic rings. The molecule has 1 aromatic rings. The number of amidine groups is 1. The Bertz CT molecular complexity index is 618. The Kier molecular flexibility index (Phi) is 3.90. The van der Waals surface area contributed by atoms with Crippen molar-refractivity contribution in [2.45, 2.75) is 31.2 Å². The average Bonchev–Trinajstić information content (AvgIpc) is 2.43. The number of carbonyl (C=O) groups is 1. The molecule has 1 amide bonds. The van der Waals surface area contributed by atoms with E-state index < -0.39 is 23.2 Å². The summed E-state index contributed by atoms with van der Waals surface area (Å²) in [5.41, 5.74) is 2.99. The highest BCUT2D eigenvalue weighted by atomic mass is 19.4. The Morgan fingerprint density at radius 2 is 2.09 bits per heavy atom. The molecule has 5 nitrogen and oxygen atoms in total. The maximum atomic E-state index is 13.1. The molecule has 0 aromatic heterocycles. The number of alkyl halides is 3. The van der Waals surface area contributed by atoms with E-state index in [1.165, 1.54) is 0 Å². The third-order valence-electron chi connectivity index (χ3n) is 3.75. The molecule has 1 aromatic carbocycles. The lowest BCUT2D eigenvalue weighted by Crippen LogP contribution is -2.60. The molecule has 0 fully saturated rings. The first-order valence-electron chi connectivity index (χ1n) is 6.49. The zero-order valence-electron chi connectivity index (χ0n) is 12.1. The van der Waals surface area contributed by atoms with Gasteiger partial charge in [-0.2, -0.15) is 13.2 Å². The Hall–Kier alpha value is -2.09. The van der Waals surface area contributed by atoms with Gasteiger partial charge in [0.25, 0.3) is 0 Å². The topological polar surface area (TPSA) is 76.7 Å². The van der Waals surface area contributed by atoms with E-state index in [2.05, 4.69) is 10.3 Å². The summed E-state index contributed by atoms with van der Waals surface area (Å²) in [6.07, 6.45) is -4.14. The first-order chi connectivity index (χ1) is 10.1. The van der Waals surface area contributed by atoms with Gasteiger partial charge in [0.2, 0.25) is 12.0 Å². The van der Waals surface area contributed by atoms with Gasteiger partial charge in [-0.05, 0) is 31.5 Å². The lowest BCUT2D eigenvalue weighted by molar-refractivity contribution is -0.249. The molecule has 0 saturated heterocycles. The van der Waals surface area contributed by atoms with Crippen LogP contribution in [0.3, 0.4) is 0 Å².